The fourth-order valence-electron chi connectivity index (χ4n) is 1.52. The van der Waals surface area contributed by atoms with Crippen LogP contribution in [0.3, 0.4) is 0 Å². The molecule has 0 fully saturated rings. The number of methoxy groups -OCH3 is 1. The van der Waals surface area contributed by atoms with Gasteiger partial charge < -0.3 is 10.5 Å². The van der Waals surface area contributed by atoms with Gasteiger partial charge in [0.2, 0.25) is 10.0 Å². The Morgan fingerprint density at radius 2 is 2.05 bits per heavy atom. The number of nitro benzene ring substituents is 1. The van der Waals surface area contributed by atoms with Gasteiger partial charge in [-0.05, 0) is 13.0 Å². The van der Waals surface area contributed by atoms with Gasteiger partial charge in [-0.3, -0.25) is 10.1 Å². The first-order valence-corrected chi connectivity index (χ1v) is 7.20. The van der Waals surface area contributed by atoms with Gasteiger partial charge in [0.05, 0.1) is 18.1 Å². The van der Waals surface area contributed by atoms with Gasteiger partial charge in [0.1, 0.15) is 10.6 Å². The Balaban J connectivity index is 0.00000400. The molecule has 1 aromatic carbocycles. The number of nitrogens with zero attached hydrogens (tertiary/aromatic N) is 2. The van der Waals surface area contributed by atoms with Gasteiger partial charge in [0.25, 0.3) is 5.69 Å². The number of halogens is 1. The Hall–Kier alpha value is -1.42. The number of nitro groups is 1. The predicted octanol–water partition coefficient (Wildman–Crippen LogP) is 0.993. The van der Waals surface area contributed by atoms with Crippen molar-refractivity contribution in [3.05, 3.63) is 28.3 Å². The molecule has 8 nitrogen and oxygen atoms in total. The van der Waals surface area contributed by atoms with E-state index in [1.165, 1.54) is 14.2 Å². The zero-order valence-corrected chi connectivity index (χ0v) is 13.5. The number of hydrogen-bond donors (Lipinski definition) is 1. The molecule has 0 saturated carbocycles. The molecule has 10 heteroatoms. The Morgan fingerprint density at radius 3 is 2.48 bits per heavy atom. The Kier molecular flexibility index (Phi) is 7.04. The summed E-state index contributed by atoms with van der Waals surface area (Å²) in [5, 5.41) is 10.7. The van der Waals surface area contributed by atoms with Crippen LogP contribution in [-0.4, -0.2) is 44.4 Å². The molecule has 2 N–H and O–H groups in total. The van der Waals surface area contributed by atoms with Crippen LogP contribution in [0.2, 0.25) is 0 Å². The van der Waals surface area contributed by atoms with Crippen molar-refractivity contribution in [3.8, 4) is 5.75 Å². The summed E-state index contributed by atoms with van der Waals surface area (Å²) in [5.41, 5.74) is 5.21. The fraction of sp³-hybridized carbons (Fsp3) is 0.455. The summed E-state index contributed by atoms with van der Waals surface area (Å²) in [7, 11) is -1.18. The summed E-state index contributed by atoms with van der Waals surface area (Å²) < 4.78 is 30.9. The van der Waals surface area contributed by atoms with E-state index in [9.17, 15) is 18.5 Å². The van der Waals surface area contributed by atoms with Crippen LogP contribution in [0.25, 0.3) is 0 Å². The van der Waals surface area contributed by atoms with Crippen molar-refractivity contribution < 1.29 is 18.1 Å². The number of ether oxygens (including phenoxy) is 1. The number of sulfonamides is 1. The van der Waals surface area contributed by atoms with Crippen molar-refractivity contribution in [1.29, 1.82) is 0 Å². The quantitative estimate of drug-likeness (QED) is 0.610. The summed E-state index contributed by atoms with van der Waals surface area (Å²) in [4.78, 5) is 9.94. The molecule has 1 aromatic rings. The molecule has 0 saturated heterocycles. The van der Waals surface area contributed by atoms with E-state index in [0.29, 0.717) is 0 Å². The minimum absolute atomic E-state index is 0. The second-order valence-corrected chi connectivity index (χ2v) is 6.16. The summed E-state index contributed by atoms with van der Waals surface area (Å²) in [6.07, 6.45) is 0. The molecule has 0 aliphatic rings. The largest absolute Gasteiger partial charge is 0.495 e. The van der Waals surface area contributed by atoms with Crippen LogP contribution in [-0.2, 0) is 10.0 Å². The van der Waals surface area contributed by atoms with Crippen LogP contribution in [0.1, 0.15) is 6.92 Å². The number of nitrogens with two attached hydrogens (primary N) is 1. The highest BCUT2D eigenvalue weighted by molar-refractivity contribution is 7.89. The number of non-ortho nitro benzene ring substituents is 1. The molecular formula is C11H18ClN3O5S. The summed E-state index contributed by atoms with van der Waals surface area (Å²) in [6, 6.07) is 2.95. The molecule has 120 valence electrons. The fourth-order valence-corrected chi connectivity index (χ4v) is 3.03. The first-order chi connectivity index (χ1) is 9.25. The lowest BCUT2D eigenvalue weighted by Gasteiger charge is -2.23. The molecule has 0 radical (unpaired) electrons. The van der Waals surface area contributed by atoms with Gasteiger partial charge in [-0.2, -0.15) is 4.31 Å². The van der Waals surface area contributed by atoms with Gasteiger partial charge in [0.15, 0.2) is 0 Å². The molecule has 1 unspecified atom stereocenters. The highest BCUT2D eigenvalue weighted by Crippen LogP contribution is 2.30. The molecular weight excluding hydrogens is 322 g/mol. The van der Waals surface area contributed by atoms with Crippen LogP contribution in [0.15, 0.2) is 23.1 Å². The lowest BCUT2D eigenvalue weighted by atomic mass is 10.3. The maximum absolute atomic E-state index is 12.4. The van der Waals surface area contributed by atoms with Crippen molar-refractivity contribution in [2.45, 2.75) is 17.9 Å². The molecule has 1 rings (SSSR count). The summed E-state index contributed by atoms with van der Waals surface area (Å²) in [6.45, 7) is 1.82. The smallest absolute Gasteiger partial charge is 0.273 e. The number of rotatable bonds is 6. The lowest BCUT2D eigenvalue weighted by molar-refractivity contribution is -0.385. The maximum atomic E-state index is 12.4. The van der Waals surface area contributed by atoms with Gasteiger partial charge >= 0.3 is 0 Å². The van der Waals surface area contributed by atoms with E-state index < -0.39 is 21.0 Å². The zero-order chi connectivity index (χ0) is 15.5. The number of hydrogen-bond acceptors (Lipinski definition) is 6. The van der Waals surface area contributed by atoms with Gasteiger partial charge in [-0.15, -0.1) is 12.4 Å². The van der Waals surface area contributed by atoms with Crippen LogP contribution in [0, 0.1) is 10.1 Å². The Bertz CT molecular complexity index is 608. The van der Waals surface area contributed by atoms with Crippen molar-refractivity contribution in [2.75, 3.05) is 20.7 Å². The van der Waals surface area contributed by atoms with E-state index in [2.05, 4.69) is 0 Å². The standard InChI is InChI=1S/C11H17N3O5S.ClH/c1-8(7-12)13(2)20(17,18)11-5-4-9(14(15)16)6-10(11)19-3;/h4-6,8H,7,12H2,1-3H3;1H. The van der Waals surface area contributed by atoms with Crippen molar-refractivity contribution in [1.82, 2.24) is 4.31 Å². The Labute approximate surface area is 129 Å². The molecule has 0 bridgehead atoms. The van der Waals surface area contributed by atoms with E-state index in [1.54, 1.807) is 6.92 Å². The maximum Gasteiger partial charge on any atom is 0.273 e. The van der Waals surface area contributed by atoms with Crippen molar-refractivity contribution >= 4 is 28.1 Å². The summed E-state index contributed by atoms with van der Waals surface area (Å²) >= 11 is 0. The van der Waals surface area contributed by atoms with Crippen molar-refractivity contribution in [3.63, 3.8) is 0 Å². The highest BCUT2D eigenvalue weighted by atomic mass is 35.5. The zero-order valence-electron chi connectivity index (χ0n) is 11.8. The molecule has 0 heterocycles. The third kappa shape index (κ3) is 4.03. The minimum Gasteiger partial charge on any atom is -0.495 e. The van der Waals surface area contributed by atoms with Gasteiger partial charge in [-0.1, -0.05) is 0 Å². The highest BCUT2D eigenvalue weighted by Gasteiger charge is 2.29. The normalized spacial score (nSPS) is 12.6. The molecule has 1 atom stereocenters. The van der Waals surface area contributed by atoms with E-state index in [1.807, 2.05) is 0 Å². The third-order valence-electron chi connectivity index (χ3n) is 2.98. The van der Waals surface area contributed by atoms with Crippen LogP contribution in [0.4, 0.5) is 5.69 Å². The van der Waals surface area contributed by atoms with Gasteiger partial charge in [0, 0.05) is 25.7 Å². The van der Waals surface area contributed by atoms with E-state index >= 15 is 0 Å². The molecule has 0 amide bonds. The number of benzene rings is 1. The third-order valence-corrected chi connectivity index (χ3v) is 4.99. The first kappa shape index (κ1) is 19.6. The van der Waals surface area contributed by atoms with Crippen LogP contribution in [0.5, 0.6) is 5.75 Å². The molecule has 0 aromatic heterocycles. The van der Waals surface area contributed by atoms with Gasteiger partial charge in [-0.25, -0.2) is 8.42 Å². The second kappa shape index (κ2) is 7.55. The van der Waals surface area contributed by atoms with E-state index in [0.717, 1.165) is 22.5 Å². The average molecular weight is 340 g/mol. The second-order valence-electron chi connectivity index (χ2n) is 4.20. The molecule has 0 aliphatic heterocycles. The molecule has 0 spiro atoms. The average Bonchev–Trinajstić information content (AvgIpc) is 2.44. The van der Waals surface area contributed by atoms with E-state index in [-0.39, 0.29) is 35.3 Å². The lowest BCUT2D eigenvalue weighted by Crippen LogP contribution is -2.39. The van der Waals surface area contributed by atoms with Crippen LogP contribution >= 0.6 is 12.4 Å². The van der Waals surface area contributed by atoms with Crippen molar-refractivity contribution in [2.24, 2.45) is 5.73 Å². The molecule has 0 aliphatic carbocycles. The SMILES string of the molecule is COc1cc([N+](=O)[O-])ccc1S(=O)(=O)N(C)C(C)CN.Cl. The predicted molar refractivity (Wildman–Crippen MR) is 80.4 cm³/mol. The summed E-state index contributed by atoms with van der Waals surface area (Å²) in [5.74, 6) is -0.0738. The monoisotopic (exact) mass is 339 g/mol. The topological polar surface area (TPSA) is 116 Å². The van der Waals surface area contributed by atoms with Crippen LogP contribution < -0.4 is 10.5 Å². The van der Waals surface area contributed by atoms with E-state index in [4.69, 9.17) is 10.5 Å². The Morgan fingerprint density at radius 1 is 1.48 bits per heavy atom. The first-order valence-electron chi connectivity index (χ1n) is 5.76. The minimum atomic E-state index is -3.83. The number of likely N-dealkylation sites (N-methyl/N-ethyl adjacent to an activating group) is 1. The molecule has 21 heavy (non-hydrogen) atoms.